The van der Waals surface area contributed by atoms with Gasteiger partial charge in [0.05, 0.1) is 12.0 Å². The Hall–Kier alpha value is -2.61. The zero-order valence-corrected chi connectivity index (χ0v) is 12.8. The average molecular weight is 315 g/mol. The molecule has 1 N–H and O–H groups in total. The molecule has 0 unspecified atom stereocenters. The number of nitrogens with zero attached hydrogens (tertiary/aromatic N) is 4. The first-order valence-corrected chi connectivity index (χ1v) is 7.70. The number of tetrazole rings is 1. The third kappa shape index (κ3) is 2.73. The summed E-state index contributed by atoms with van der Waals surface area (Å²) in [6.07, 6.45) is 3.39. The third-order valence-electron chi connectivity index (χ3n) is 3.04. The van der Waals surface area contributed by atoms with Crippen molar-refractivity contribution in [3.05, 3.63) is 47.9 Å². The second-order valence-electron chi connectivity index (χ2n) is 4.51. The molecule has 0 spiro atoms. The van der Waals surface area contributed by atoms with E-state index in [1.54, 1.807) is 22.9 Å². The number of hydrogen-bond acceptors (Lipinski definition) is 6. The predicted molar refractivity (Wildman–Crippen MR) is 82.3 cm³/mol. The third-order valence-corrected chi connectivity index (χ3v) is 3.66. The molecule has 1 amide bonds. The van der Waals surface area contributed by atoms with Crippen molar-refractivity contribution in [2.75, 3.05) is 11.6 Å². The van der Waals surface area contributed by atoms with E-state index in [9.17, 15) is 4.79 Å². The Balaban J connectivity index is 1.86. The number of anilines is 1. The molecule has 0 aliphatic carbocycles. The van der Waals surface area contributed by atoms with Crippen molar-refractivity contribution in [2.24, 2.45) is 0 Å². The summed E-state index contributed by atoms with van der Waals surface area (Å²) in [5, 5.41) is 15.0. The number of carbonyl (C=O) groups is 1. The van der Waals surface area contributed by atoms with Crippen molar-refractivity contribution in [1.82, 2.24) is 20.2 Å². The van der Waals surface area contributed by atoms with Crippen molar-refractivity contribution in [3.8, 4) is 5.69 Å². The minimum Gasteiger partial charge on any atom is -0.459 e. The Labute approximate surface area is 130 Å². The van der Waals surface area contributed by atoms with Gasteiger partial charge in [0, 0.05) is 11.3 Å². The highest BCUT2D eigenvalue weighted by Crippen LogP contribution is 2.19. The molecule has 0 aliphatic rings. The molecule has 3 aromatic rings. The van der Waals surface area contributed by atoms with E-state index in [-0.39, 0.29) is 5.91 Å². The molecule has 0 saturated heterocycles. The quantitative estimate of drug-likeness (QED) is 0.745. The number of rotatable bonds is 4. The van der Waals surface area contributed by atoms with Crippen LogP contribution in [0.25, 0.3) is 5.69 Å². The maximum atomic E-state index is 12.2. The van der Waals surface area contributed by atoms with Crippen LogP contribution in [0.2, 0.25) is 0 Å². The summed E-state index contributed by atoms with van der Waals surface area (Å²) in [6, 6.07) is 9.03. The summed E-state index contributed by atoms with van der Waals surface area (Å²) >= 11 is 1.44. The average Bonchev–Trinajstić information content (AvgIpc) is 3.15. The molecular formula is C14H13N5O2S. The summed E-state index contributed by atoms with van der Waals surface area (Å²) < 4.78 is 6.79. The maximum absolute atomic E-state index is 12.2. The number of aromatic nitrogens is 4. The van der Waals surface area contributed by atoms with Gasteiger partial charge < -0.3 is 9.73 Å². The summed E-state index contributed by atoms with van der Waals surface area (Å²) in [5.41, 5.74) is 2.20. The summed E-state index contributed by atoms with van der Waals surface area (Å²) in [5.74, 6) is 0.0130. The van der Waals surface area contributed by atoms with E-state index < -0.39 is 0 Å². The fraction of sp³-hybridized carbons (Fsp3) is 0.143. The first-order valence-electron chi connectivity index (χ1n) is 6.47. The van der Waals surface area contributed by atoms with Crippen LogP contribution in [0, 0.1) is 6.92 Å². The van der Waals surface area contributed by atoms with Crippen LogP contribution in [0.1, 0.15) is 16.1 Å². The Morgan fingerprint density at radius 2 is 2.23 bits per heavy atom. The van der Waals surface area contributed by atoms with Gasteiger partial charge in [-0.2, -0.15) is 4.68 Å². The van der Waals surface area contributed by atoms with Gasteiger partial charge in [-0.25, -0.2) is 0 Å². The molecule has 0 bridgehead atoms. The van der Waals surface area contributed by atoms with Crippen LogP contribution in [0.4, 0.5) is 5.69 Å². The highest BCUT2D eigenvalue weighted by molar-refractivity contribution is 7.98. The fourth-order valence-corrected chi connectivity index (χ4v) is 2.41. The van der Waals surface area contributed by atoms with E-state index in [1.165, 1.54) is 18.0 Å². The number of furan rings is 1. The second kappa shape index (κ2) is 6.02. The molecule has 112 valence electrons. The number of nitrogens with one attached hydrogen (secondary N) is 1. The minimum absolute atomic E-state index is 0.290. The zero-order chi connectivity index (χ0) is 15.5. The molecule has 22 heavy (non-hydrogen) atoms. The van der Waals surface area contributed by atoms with Gasteiger partial charge in [0.15, 0.2) is 5.76 Å². The molecule has 0 fully saturated rings. The van der Waals surface area contributed by atoms with Crippen molar-refractivity contribution in [2.45, 2.75) is 12.1 Å². The first kappa shape index (κ1) is 14.3. The Morgan fingerprint density at radius 3 is 2.95 bits per heavy atom. The van der Waals surface area contributed by atoms with E-state index >= 15 is 0 Å². The minimum atomic E-state index is -0.290. The van der Waals surface area contributed by atoms with Crippen molar-refractivity contribution < 1.29 is 9.21 Å². The topological polar surface area (TPSA) is 85.8 Å². The largest absolute Gasteiger partial charge is 0.459 e. The highest BCUT2D eigenvalue weighted by atomic mass is 32.2. The molecule has 2 heterocycles. The van der Waals surface area contributed by atoms with Crippen molar-refractivity contribution >= 4 is 23.4 Å². The van der Waals surface area contributed by atoms with Crippen LogP contribution in [0.5, 0.6) is 0 Å². The number of amides is 1. The summed E-state index contributed by atoms with van der Waals surface area (Å²) in [4.78, 5) is 12.2. The van der Waals surface area contributed by atoms with Gasteiger partial charge in [-0.3, -0.25) is 4.79 Å². The maximum Gasteiger partial charge on any atom is 0.291 e. The van der Waals surface area contributed by atoms with Gasteiger partial charge in [-0.15, -0.1) is 5.10 Å². The molecule has 0 radical (unpaired) electrons. The van der Waals surface area contributed by atoms with Gasteiger partial charge in [0.25, 0.3) is 5.91 Å². The second-order valence-corrected chi connectivity index (χ2v) is 5.29. The van der Waals surface area contributed by atoms with Crippen LogP contribution in [0.3, 0.4) is 0 Å². The number of thioether (sulfide) groups is 1. The molecule has 7 nitrogen and oxygen atoms in total. The molecular weight excluding hydrogens is 302 g/mol. The summed E-state index contributed by atoms with van der Waals surface area (Å²) in [7, 11) is 0. The number of carbonyl (C=O) groups excluding carboxylic acids is 1. The Morgan fingerprint density at radius 1 is 1.36 bits per heavy atom. The Bertz CT molecular complexity index is 811. The molecule has 0 atom stereocenters. The van der Waals surface area contributed by atoms with E-state index in [1.807, 2.05) is 25.3 Å². The van der Waals surface area contributed by atoms with Gasteiger partial charge in [0.2, 0.25) is 5.16 Å². The molecule has 2 aromatic heterocycles. The number of benzene rings is 1. The van der Waals surface area contributed by atoms with E-state index in [4.69, 9.17) is 4.42 Å². The SMILES string of the molecule is CSc1nnnn1-c1cccc(NC(=O)c2occc2C)c1. The first-order chi connectivity index (χ1) is 10.7. The smallest absolute Gasteiger partial charge is 0.291 e. The van der Waals surface area contributed by atoms with E-state index in [0.29, 0.717) is 16.6 Å². The van der Waals surface area contributed by atoms with Crippen LogP contribution in [-0.2, 0) is 0 Å². The highest BCUT2D eigenvalue weighted by Gasteiger charge is 2.13. The number of hydrogen-bond donors (Lipinski definition) is 1. The van der Waals surface area contributed by atoms with Gasteiger partial charge in [-0.05, 0) is 47.9 Å². The van der Waals surface area contributed by atoms with Gasteiger partial charge in [0.1, 0.15) is 0 Å². The van der Waals surface area contributed by atoms with E-state index in [2.05, 4.69) is 20.8 Å². The van der Waals surface area contributed by atoms with Crippen molar-refractivity contribution in [1.29, 1.82) is 0 Å². The van der Waals surface area contributed by atoms with Crippen LogP contribution in [-0.4, -0.2) is 32.4 Å². The lowest BCUT2D eigenvalue weighted by atomic mass is 10.2. The molecule has 0 saturated carbocycles. The Kier molecular flexibility index (Phi) is 3.92. The normalized spacial score (nSPS) is 10.6. The van der Waals surface area contributed by atoms with Crippen LogP contribution in [0.15, 0.2) is 46.2 Å². The summed E-state index contributed by atoms with van der Waals surface area (Å²) in [6.45, 7) is 1.82. The lowest BCUT2D eigenvalue weighted by Crippen LogP contribution is -2.12. The lowest BCUT2D eigenvalue weighted by molar-refractivity contribution is 0.0996. The standard InChI is InChI=1S/C14H13N5O2S/c1-9-6-7-21-12(9)13(20)15-10-4-3-5-11(8-10)19-14(22-2)16-17-18-19/h3-8H,1-2H3,(H,15,20). The number of aryl methyl sites for hydroxylation is 1. The molecule has 0 aliphatic heterocycles. The fourth-order valence-electron chi connectivity index (χ4n) is 1.98. The monoisotopic (exact) mass is 315 g/mol. The molecule has 1 aromatic carbocycles. The van der Waals surface area contributed by atoms with Crippen LogP contribution >= 0.6 is 11.8 Å². The van der Waals surface area contributed by atoms with Crippen LogP contribution < -0.4 is 5.32 Å². The lowest BCUT2D eigenvalue weighted by Gasteiger charge is -2.07. The van der Waals surface area contributed by atoms with Gasteiger partial charge >= 0.3 is 0 Å². The molecule has 8 heteroatoms. The van der Waals surface area contributed by atoms with E-state index in [0.717, 1.165) is 11.3 Å². The zero-order valence-electron chi connectivity index (χ0n) is 12.0. The van der Waals surface area contributed by atoms with Crippen molar-refractivity contribution in [3.63, 3.8) is 0 Å². The molecule has 3 rings (SSSR count). The predicted octanol–water partition coefficient (Wildman–Crippen LogP) is 2.54. The van der Waals surface area contributed by atoms with Gasteiger partial charge in [-0.1, -0.05) is 17.8 Å².